The molecule has 1 amide bonds. The fourth-order valence-corrected chi connectivity index (χ4v) is 4.43. The zero-order chi connectivity index (χ0) is 24.6. The Hall–Kier alpha value is -3.78. The number of ketones is 1. The molecule has 0 aliphatic rings. The molecule has 8 heteroatoms. The Morgan fingerprint density at radius 1 is 0.914 bits per heavy atom. The molecule has 0 spiro atoms. The van der Waals surface area contributed by atoms with E-state index in [1.807, 2.05) is 47.0 Å². The molecule has 35 heavy (non-hydrogen) atoms. The number of carbonyl (C=O) groups is 2. The quantitative estimate of drug-likeness (QED) is 0.253. The number of carbonyl (C=O) groups excluding carboxylic acids is 2. The maximum absolute atomic E-state index is 14.5. The Bertz CT molecular complexity index is 1310. The van der Waals surface area contributed by atoms with Gasteiger partial charge in [-0.25, -0.2) is 4.39 Å². The number of nitrogens with zero attached hydrogens (tertiary/aromatic N) is 3. The summed E-state index contributed by atoms with van der Waals surface area (Å²) in [6.45, 7) is 2.43. The molecule has 1 heterocycles. The van der Waals surface area contributed by atoms with E-state index in [0.717, 1.165) is 17.5 Å². The standard InChI is InChI=1S/C27H25FN4O2S/c1-19(33)29-17-21-11-13-22(14-12-21)25(34)18-35-27-31-30-26(23-9-5-6-10-24(23)28)32(27)16-15-20-7-3-2-4-8-20/h2-14H,15-18H2,1H3,(H,29,33). The van der Waals surface area contributed by atoms with Gasteiger partial charge >= 0.3 is 0 Å². The molecular weight excluding hydrogens is 463 g/mol. The van der Waals surface area contributed by atoms with Crippen LogP contribution in [-0.4, -0.2) is 32.2 Å². The number of Topliss-reactive ketones (excluding diaryl/α,β-unsaturated/α-hetero) is 1. The molecule has 0 saturated carbocycles. The second kappa shape index (κ2) is 11.6. The number of nitrogens with one attached hydrogen (secondary N) is 1. The van der Waals surface area contributed by atoms with E-state index in [0.29, 0.717) is 35.2 Å². The zero-order valence-electron chi connectivity index (χ0n) is 19.3. The zero-order valence-corrected chi connectivity index (χ0v) is 20.1. The first-order valence-corrected chi connectivity index (χ1v) is 12.2. The Labute approximate surface area is 207 Å². The first-order chi connectivity index (χ1) is 17.0. The van der Waals surface area contributed by atoms with Crippen LogP contribution in [0.3, 0.4) is 0 Å². The predicted molar refractivity (Wildman–Crippen MR) is 135 cm³/mol. The maximum Gasteiger partial charge on any atom is 0.217 e. The van der Waals surface area contributed by atoms with E-state index in [-0.39, 0.29) is 23.3 Å². The normalized spacial score (nSPS) is 10.8. The Morgan fingerprint density at radius 3 is 2.34 bits per heavy atom. The number of rotatable bonds is 10. The van der Waals surface area contributed by atoms with Gasteiger partial charge in [-0.2, -0.15) is 0 Å². The third-order valence-corrected chi connectivity index (χ3v) is 6.42. The van der Waals surface area contributed by atoms with Gasteiger partial charge in [-0.15, -0.1) is 10.2 Å². The van der Waals surface area contributed by atoms with Crippen LogP contribution in [0.25, 0.3) is 11.4 Å². The average Bonchev–Trinajstić information content (AvgIpc) is 3.28. The molecular formula is C27H25FN4O2S. The van der Waals surface area contributed by atoms with Crippen LogP contribution in [0, 0.1) is 5.82 Å². The summed E-state index contributed by atoms with van der Waals surface area (Å²) in [5.74, 6) is 0.0918. The van der Waals surface area contributed by atoms with Crippen LogP contribution in [0.4, 0.5) is 4.39 Å². The largest absolute Gasteiger partial charge is 0.352 e. The highest BCUT2D eigenvalue weighted by molar-refractivity contribution is 7.99. The molecule has 0 saturated heterocycles. The predicted octanol–water partition coefficient (Wildman–Crippen LogP) is 4.94. The molecule has 6 nitrogen and oxygen atoms in total. The fourth-order valence-electron chi connectivity index (χ4n) is 3.57. The van der Waals surface area contributed by atoms with Crippen LogP contribution < -0.4 is 5.32 Å². The highest BCUT2D eigenvalue weighted by Crippen LogP contribution is 2.27. The Kier molecular flexibility index (Phi) is 8.05. The first-order valence-electron chi connectivity index (χ1n) is 11.2. The van der Waals surface area contributed by atoms with Crippen molar-refractivity contribution in [2.24, 2.45) is 0 Å². The van der Waals surface area contributed by atoms with Crippen molar-refractivity contribution in [3.8, 4) is 11.4 Å². The lowest BCUT2D eigenvalue weighted by Gasteiger charge is -2.11. The lowest BCUT2D eigenvalue weighted by molar-refractivity contribution is -0.119. The van der Waals surface area contributed by atoms with Gasteiger partial charge in [0.05, 0.1) is 11.3 Å². The molecule has 0 aliphatic heterocycles. The SMILES string of the molecule is CC(=O)NCc1ccc(C(=O)CSc2nnc(-c3ccccc3F)n2CCc2ccccc2)cc1. The molecule has 4 aromatic rings. The van der Waals surface area contributed by atoms with Crippen LogP contribution in [0.2, 0.25) is 0 Å². The molecule has 0 aliphatic carbocycles. The Balaban J connectivity index is 1.50. The lowest BCUT2D eigenvalue weighted by Crippen LogP contribution is -2.18. The van der Waals surface area contributed by atoms with E-state index in [1.54, 1.807) is 30.3 Å². The molecule has 4 rings (SSSR count). The summed E-state index contributed by atoms with van der Waals surface area (Å²) in [5.41, 5.74) is 3.02. The summed E-state index contributed by atoms with van der Waals surface area (Å²) in [5, 5.41) is 11.8. The number of hydrogen-bond donors (Lipinski definition) is 1. The van der Waals surface area contributed by atoms with E-state index in [4.69, 9.17) is 0 Å². The smallest absolute Gasteiger partial charge is 0.217 e. The average molecular weight is 489 g/mol. The van der Waals surface area contributed by atoms with Crippen molar-refractivity contribution >= 4 is 23.5 Å². The summed E-state index contributed by atoms with van der Waals surface area (Å²) in [4.78, 5) is 23.9. The van der Waals surface area contributed by atoms with Crippen molar-refractivity contribution in [2.75, 3.05) is 5.75 Å². The first kappa shape index (κ1) is 24.3. The van der Waals surface area contributed by atoms with Crippen molar-refractivity contribution < 1.29 is 14.0 Å². The van der Waals surface area contributed by atoms with Crippen molar-refractivity contribution in [3.63, 3.8) is 0 Å². The van der Waals surface area contributed by atoms with Crippen molar-refractivity contribution in [2.45, 2.75) is 31.6 Å². The van der Waals surface area contributed by atoms with Gasteiger partial charge in [0.1, 0.15) is 5.82 Å². The topological polar surface area (TPSA) is 76.9 Å². The van der Waals surface area contributed by atoms with Crippen molar-refractivity contribution in [3.05, 3.63) is 101 Å². The van der Waals surface area contributed by atoms with Crippen LogP contribution in [0.15, 0.2) is 84.0 Å². The minimum atomic E-state index is -0.368. The number of hydrogen-bond acceptors (Lipinski definition) is 5. The fraction of sp³-hybridized carbons (Fsp3) is 0.185. The highest BCUT2D eigenvalue weighted by atomic mass is 32.2. The summed E-state index contributed by atoms with van der Waals surface area (Å²) in [7, 11) is 0. The third kappa shape index (κ3) is 6.42. The van der Waals surface area contributed by atoms with Gasteiger partial charge in [0.15, 0.2) is 16.8 Å². The molecule has 1 N–H and O–H groups in total. The molecule has 0 radical (unpaired) electrons. The molecule has 0 bridgehead atoms. The van der Waals surface area contributed by atoms with E-state index in [9.17, 15) is 14.0 Å². The van der Waals surface area contributed by atoms with Crippen LogP contribution in [-0.2, 0) is 24.3 Å². The number of amides is 1. The van der Waals surface area contributed by atoms with Gasteiger partial charge in [0.2, 0.25) is 5.91 Å². The van der Waals surface area contributed by atoms with Gasteiger partial charge in [0, 0.05) is 25.6 Å². The molecule has 1 aromatic heterocycles. The van der Waals surface area contributed by atoms with Gasteiger partial charge in [-0.05, 0) is 29.7 Å². The minimum Gasteiger partial charge on any atom is -0.352 e. The minimum absolute atomic E-state index is 0.0499. The molecule has 3 aromatic carbocycles. The number of aromatic nitrogens is 3. The number of aryl methyl sites for hydroxylation is 1. The Morgan fingerprint density at radius 2 is 1.63 bits per heavy atom. The number of thioether (sulfide) groups is 1. The van der Waals surface area contributed by atoms with E-state index in [2.05, 4.69) is 15.5 Å². The molecule has 178 valence electrons. The van der Waals surface area contributed by atoms with Crippen LogP contribution >= 0.6 is 11.8 Å². The number of halogens is 1. The lowest BCUT2D eigenvalue weighted by atomic mass is 10.1. The summed E-state index contributed by atoms with van der Waals surface area (Å²) < 4.78 is 16.4. The highest BCUT2D eigenvalue weighted by Gasteiger charge is 2.18. The number of benzene rings is 3. The van der Waals surface area contributed by atoms with E-state index in [1.165, 1.54) is 24.8 Å². The van der Waals surface area contributed by atoms with E-state index < -0.39 is 0 Å². The second-order valence-electron chi connectivity index (χ2n) is 7.99. The van der Waals surface area contributed by atoms with Gasteiger partial charge in [0.25, 0.3) is 0 Å². The monoisotopic (exact) mass is 488 g/mol. The molecule has 0 unspecified atom stereocenters. The van der Waals surface area contributed by atoms with Crippen LogP contribution in [0.1, 0.15) is 28.4 Å². The second-order valence-corrected chi connectivity index (χ2v) is 8.93. The third-order valence-electron chi connectivity index (χ3n) is 5.45. The van der Waals surface area contributed by atoms with Crippen molar-refractivity contribution in [1.29, 1.82) is 0 Å². The van der Waals surface area contributed by atoms with E-state index >= 15 is 0 Å². The summed E-state index contributed by atoms with van der Waals surface area (Å²) in [6, 6.07) is 23.7. The summed E-state index contributed by atoms with van der Waals surface area (Å²) in [6.07, 6.45) is 0.720. The van der Waals surface area contributed by atoms with Gasteiger partial charge < -0.3 is 9.88 Å². The summed E-state index contributed by atoms with van der Waals surface area (Å²) >= 11 is 1.29. The molecule has 0 fully saturated rings. The molecule has 0 atom stereocenters. The van der Waals surface area contributed by atoms with Crippen molar-refractivity contribution in [1.82, 2.24) is 20.1 Å². The van der Waals surface area contributed by atoms with Crippen LogP contribution in [0.5, 0.6) is 0 Å². The van der Waals surface area contributed by atoms with Gasteiger partial charge in [-0.3, -0.25) is 9.59 Å². The maximum atomic E-state index is 14.5. The van der Waals surface area contributed by atoms with Gasteiger partial charge in [-0.1, -0.05) is 78.5 Å².